The third-order valence-electron chi connectivity index (χ3n) is 1.61. The van der Waals surface area contributed by atoms with Crippen molar-refractivity contribution in [2.75, 3.05) is 12.5 Å². The molecule has 1 N–H and O–H groups in total. The van der Waals surface area contributed by atoms with Crippen LogP contribution in [0.3, 0.4) is 0 Å². The molecular formula is C10H12N2O2. The Morgan fingerprint density at radius 2 is 2.00 bits per heavy atom. The second-order valence-electron chi connectivity index (χ2n) is 2.67. The van der Waals surface area contributed by atoms with Gasteiger partial charge in [0.1, 0.15) is 5.71 Å². The highest BCUT2D eigenvalue weighted by Gasteiger charge is 2.03. The number of hydrogen-bond acceptors (Lipinski definition) is 4. The van der Waals surface area contributed by atoms with Crippen molar-refractivity contribution in [2.45, 2.75) is 6.92 Å². The predicted molar refractivity (Wildman–Crippen MR) is 55.2 cm³/mol. The van der Waals surface area contributed by atoms with Crippen molar-refractivity contribution < 1.29 is 9.53 Å². The number of carbonyl (C=O) groups is 1. The molecular weight excluding hydrogens is 180 g/mol. The van der Waals surface area contributed by atoms with Gasteiger partial charge in [0.2, 0.25) is 0 Å². The maximum absolute atomic E-state index is 10.9. The number of rotatable bonds is 3. The van der Waals surface area contributed by atoms with Gasteiger partial charge in [-0.25, -0.2) is 4.79 Å². The fraction of sp³-hybridized carbons (Fsp3) is 0.200. The molecule has 0 atom stereocenters. The summed E-state index contributed by atoms with van der Waals surface area (Å²) in [5.74, 6) is -0.437. The second kappa shape index (κ2) is 5.01. The van der Waals surface area contributed by atoms with Crippen LogP contribution in [-0.2, 0) is 9.53 Å². The fourth-order valence-corrected chi connectivity index (χ4v) is 0.854. The minimum absolute atomic E-state index is 0.288. The van der Waals surface area contributed by atoms with Crippen LogP contribution in [-0.4, -0.2) is 18.8 Å². The molecule has 0 radical (unpaired) electrons. The number of anilines is 1. The molecule has 0 aliphatic heterocycles. The average Bonchev–Trinajstić information content (AvgIpc) is 2.26. The van der Waals surface area contributed by atoms with Crippen LogP contribution in [0.4, 0.5) is 5.69 Å². The number of hydrogen-bond donors (Lipinski definition) is 1. The van der Waals surface area contributed by atoms with Crippen LogP contribution in [0.1, 0.15) is 6.92 Å². The van der Waals surface area contributed by atoms with E-state index in [0.29, 0.717) is 0 Å². The van der Waals surface area contributed by atoms with Crippen LogP contribution >= 0.6 is 0 Å². The Labute approximate surface area is 82.6 Å². The van der Waals surface area contributed by atoms with E-state index in [1.165, 1.54) is 7.11 Å². The molecule has 4 heteroatoms. The van der Waals surface area contributed by atoms with E-state index in [1.54, 1.807) is 6.92 Å². The number of hydrazone groups is 1. The monoisotopic (exact) mass is 192 g/mol. The van der Waals surface area contributed by atoms with Crippen molar-refractivity contribution in [3.8, 4) is 0 Å². The molecule has 0 unspecified atom stereocenters. The molecule has 74 valence electrons. The first-order chi connectivity index (χ1) is 6.74. The molecule has 0 spiro atoms. The fourth-order valence-electron chi connectivity index (χ4n) is 0.854. The van der Waals surface area contributed by atoms with E-state index in [-0.39, 0.29) is 5.71 Å². The molecule has 0 bridgehead atoms. The molecule has 0 saturated carbocycles. The van der Waals surface area contributed by atoms with Crippen molar-refractivity contribution in [2.24, 2.45) is 5.10 Å². The zero-order valence-electron chi connectivity index (χ0n) is 8.15. The number of benzene rings is 1. The maximum atomic E-state index is 10.9. The lowest BCUT2D eigenvalue weighted by molar-refractivity contribution is -0.132. The van der Waals surface area contributed by atoms with E-state index in [4.69, 9.17) is 0 Å². The molecule has 0 aromatic heterocycles. The van der Waals surface area contributed by atoms with Gasteiger partial charge in [-0.05, 0) is 19.1 Å². The molecule has 1 aromatic carbocycles. The van der Waals surface area contributed by atoms with Crippen LogP contribution in [0, 0.1) is 0 Å². The molecule has 0 heterocycles. The van der Waals surface area contributed by atoms with Gasteiger partial charge in [-0.2, -0.15) is 5.10 Å². The molecule has 1 rings (SSSR count). The number of methoxy groups -OCH3 is 1. The van der Waals surface area contributed by atoms with E-state index in [0.717, 1.165) is 5.69 Å². The van der Waals surface area contributed by atoms with Gasteiger partial charge in [-0.15, -0.1) is 0 Å². The van der Waals surface area contributed by atoms with Crippen molar-refractivity contribution in [1.82, 2.24) is 0 Å². The normalized spacial score (nSPS) is 10.9. The summed E-state index contributed by atoms with van der Waals surface area (Å²) in [7, 11) is 1.32. The molecule has 0 aliphatic carbocycles. The Balaban J connectivity index is 2.59. The number of esters is 1. The summed E-state index contributed by atoms with van der Waals surface area (Å²) in [5.41, 5.74) is 3.86. The highest BCUT2D eigenvalue weighted by molar-refractivity contribution is 6.35. The third kappa shape index (κ3) is 2.90. The van der Waals surface area contributed by atoms with E-state index >= 15 is 0 Å². The Morgan fingerprint density at radius 3 is 2.57 bits per heavy atom. The Kier molecular flexibility index (Phi) is 3.67. The van der Waals surface area contributed by atoms with Crippen LogP contribution in [0.5, 0.6) is 0 Å². The Morgan fingerprint density at radius 1 is 1.36 bits per heavy atom. The van der Waals surface area contributed by atoms with Crippen LogP contribution in [0.2, 0.25) is 0 Å². The molecule has 0 fully saturated rings. The van der Waals surface area contributed by atoms with Gasteiger partial charge in [0, 0.05) is 0 Å². The van der Waals surface area contributed by atoms with Crippen molar-refractivity contribution in [3.05, 3.63) is 30.3 Å². The van der Waals surface area contributed by atoms with Gasteiger partial charge in [-0.1, -0.05) is 18.2 Å². The number of nitrogens with zero attached hydrogens (tertiary/aromatic N) is 1. The predicted octanol–water partition coefficient (Wildman–Crippen LogP) is 1.65. The molecule has 0 saturated heterocycles. The van der Waals surface area contributed by atoms with E-state index in [2.05, 4.69) is 15.3 Å². The van der Waals surface area contributed by atoms with Crippen LogP contribution in [0.15, 0.2) is 35.4 Å². The van der Waals surface area contributed by atoms with Crippen molar-refractivity contribution >= 4 is 17.4 Å². The SMILES string of the molecule is COC(=O)/C(C)=N\Nc1ccccc1. The van der Waals surface area contributed by atoms with E-state index in [9.17, 15) is 4.79 Å². The van der Waals surface area contributed by atoms with Gasteiger partial charge in [0.05, 0.1) is 12.8 Å². The summed E-state index contributed by atoms with van der Waals surface area (Å²) >= 11 is 0. The van der Waals surface area contributed by atoms with Gasteiger partial charge < -0.3 is 4.74 Å². The largest absolute Gasteiger partial charge is 0.464 e. The van der Waals surface area contributed by atoms with E-state index in [1.807, 2.05) is 30.3 Å². The van der Waals surface area contributed by atoms with E-state index < -0.39 is 5.97 Å². The maximum Gasteiger partial charge on any atom is 0.353 e. The number of nitrogens with one attached hydrogen (secondary N) is 1. The summed E-state index contributed by atoms with van der Waals surface area (Å²) in [4.78, 5) is 10.9. The molecule has 4 nitrogen and oxygen atoms in total. The molecule has 0 aliphatic rings. The third-order valence-corrected chi connectivity index (χ3v) is 1.61. The summed E-state index contributed by atoms with van der Waals surface area (Å²) < 4.78 is 4.49. The topological polar surface area (TPSA) is 50.7 Å². The second-order valence-corrected chi connectivity index (χ2v) is 2.67. The average molecular weight is 192 g/mol. The number of para-hydroxylation sites is 1. The lowest BCUT2D eigenvalue weighted by Gasteiger charge is -2.00. The summed E-state index contributed by atoms with van der Waals surface area (Å²) in [5, 5.41) is 3.86. The van der Waals surface area contributed by atoms with Gasteiger partial charge in [0.25, 0.3) is 0 Å². The zero-order chi connectivity index (χ0) is 10.4. The first-order valence-electron chi connectivity index (χ1n) is 4.17. The van der Waals surface area contributed by atoms with Crippen LogP contribution in [0.25, 0.3) is 0 Å². The van der Waals surface area contributed by atoms with Crippen molar-refractivity contribution in [1.29, 1.82) is 0 Å². The van der Waals surface area contributed by atoms with Crippen molar-refractivity contribution in [3.63, 3.8) is 0 Å². The first kappa shape index (κ1) is 10.2. The van der Waals surface area contributed by atoms with Gasteiger partial charge in [0.15, 0.2) is 0 Å². The minimum Gasteiger partial charge on any atom is -0.464 e. The summed E-state index contributed by atoms with van der Waals surface area (Å²) in [6.07, 6.45) is 0. The highest BCUT2D eigenvalue weighted by Crippen LogP contribution is 2.04. The Bertz CT molecular complexity index is 333. The summed E-state index contributed by atoms with van der Waals surface area (Å²) in [6, 6.07) is 9.38. The summed E-state index contributed by atoms with van der Waals surface area (Å²) in [6.45, 7) is 1.59. The number of ether oxygens (including phenoxy) is 1. The zero-order valence-corrected chi connectivity index (χ0v) is 8.15. The standard InChI is InChI=1S/C10H12N2O2/c1-8(10(13)14-2)11-12-9-6-4-3-5-7-9/h3-7,12H,1-2H3/b11-8-. The lowest BCUT2D eigenvalue weighted by atomic mass is 10.3. The Hall–Kier alpha value is -1.84. The quantitative estimate of drug-likeness (QED) is 0.450. The molecule has 0 amide bonds. The molecule has 1 aromatic rings. The van der Waals surface area contributed by atoms with Crippen LogP contribution < -0.4 is 5.43 Å². The smallest absolute Gasteiger partial charge is 0.353 e. The number of carbonyl (C=O) groups excluding carboxylic acids is 1. The minimum atomic E-state index is -0.437. The molecule has 14 heavy (non-hydrogen) atoms. The highest BCUT2D eigenvalue weighted by atomic mass is 16.5. The van der Waals surface area contributed by atoms with Gasteiger partial charge >= 0.3 is 5.97 Å². The van der Waals surface area contributed by atoms with Gasteiger partial charge in [-0.3, -0.25) is 5.43 Å². The lowest BCUT2D eigenvalue weighted by Crippen LogP contribution is -2.13. The first-order valence-corrected chi connectivity index (χ1v) is 4.17.